The van der Waals surface area contributed by atoms with E-state index in [0.29, 0.717) is 19.3 Å². The zero-order chi connectivity index (χ0) is 23.4. The zero-order valence-electron chi connectivity index (χ0n) is 18.8. The van der Waals surface area contributed by atoms with Crippen LogP contribution in [0.1, 0.15) is 56.1 Å². The minimum atomic E-state index is -0.919. The molecule has 0 radical (unpaired) electrons. The van der Waals surface area contributed by atoms with Gasteiger partial charge < -0.3 is 20.5 Å². The van der Waals surface area contributed by atoms with Crippen molar-refractivity contribution in [1.29, 1.82) is 0 Å². The van der Waals surface area contributed by atoms with Gasteiger partial charge in [0.05, 0.1) is 6.42 Å². The molecule has 1 saturated carbocycles. The Bertz CT molecular complexity index is 985. The van der Waals surface area contributed by atoms with E-state index in [9.17, 15) is 14.4 Å². The summed E-state index contributed by atoms with van der Waals surface area (Å²) in [4.78, 5) is 35.8. The Morgan fingerprint density at radius 2 is 1.64 bits per heavy atom. The van der Waals surface area contributed by atoms with Crippen LogP contribution in [0.2, 0.25) is 0 Å². The highest BCUT2D eigenvalue weighted by molar-refractivity contribution is 5.81. The van der Waals surface area contributed by atoms with Gasteiger partial charge in [0.15, 0.2) is 0 Å². The lowest BCUT2D eigenvalue weighted by Gasteiger charge is -2.35. The van der Waals surface area contributed by atoms with Gasteiger partial charge in [-0.05, 0) is 41.5 Å². The zero-order valence-corrected chi connectivity index (χ0v) is 18.8. The van der Waals surface area contributed by atoms with Gasteiger partial charge in [-0.3, -0.25) is 9.59 Å². The van der Waals surface area contributed by atoms with Crippen molar-refractivity contribution >= 4 is 18.0 Å². The number of aliphatic carboxylic acids is 1. The van der Waals surface area contributed by atoms with Crippen LogP contribution in [0.25, 0.3) is 11.1 Å². The largest absolute Gasteiger partial charge is 0.481 e. The van der Waals surface area contributed by atoms with Crippen LogP contribution >= 0.6 is 0 Å². The van der Waals surface area contributed by atoms with Gasteiger partial charge in [0.2, 0.25) is 5.91 Å². The first-order valence-corrected chi connectivity index (χ1v) is 11.6. The lowest BCUT2D eigenvalue weighted by molar-refractivity contribution is -0.138. The Labute approximate surface area is 193 Å². The third-order valence-electron chi connectivity index (χ3n) is 6.58. The van der Waals surface area contributed by atoms with Crippen molar-refractivity contribution in [2.75, 3.05) is 6.61 Å². The molecule has 2 aliphatic carbocycles. The van der Waals surface area contributed by atoms with Crippen LogP contribution in [0.4, 0.5) is 4.79 Å². The molecular formula is C26H30N2O5. The predicted molar refractivity (Wildman–Crippen MR) is 124 cm³/mol. The van der Waals surface area contributed by atoms with Gasteiger partial charge in [0.1, 0.15) is 6.61 Å². The molecule has 33 heavy (non-hydrogen) atoms. The molecule has 7 heteroatoms. The smallest absolute Gasteiger partial charge is 0.407 e. The Morgan fingerprint density at radius 3 is 2.21 bits per heavy atom. The number of carboxylic acid groups (broad SMARTS) is 1. The SMILES string of the molecule is CCC[C@H](CC(=O)O)NC(=O)C1CC(NC(=O)OCC2c3ccccc3-c3ccccc32)C1. The van der Waals surface area contributed by atoms with Crippen molar-refractivity contribution in [3.63, 3.8) is 0 Å². The van der Waals surface area contributed by atoms with E-state index in [1.165, 1.54) is 11.1 Å². The number of benzene rings is 2. The van der Waals surface area contributed by atoms with Crippen LogP contribution in [0.15, 0.2) is 48.5 Å². The third-order valence-corrected chi connectivity index (χ3v) is 6.58. The number of hydrogen-bond donors (Lipinski definition) is 3. The van der Waals surface area contributed by atoms with Gasteiger partial charge >= 0.3 is 12.1 Å². The Morgan fingerprint density at radius 1 is 1.03 bits per heavy atom. The lowest BCUT2D eigenvalue weighted by Crippen LogP contribution is -2.51. The van der Waals surface area contributed by atoms with Crippen LogP contribution in [-0.4, -0.2) is 41.8 Å². The molecule has 4 rings (SSSR count). The van der Waals surface area contributed by atoms with Crippen molar-refractivity contribution in [2.24, 2.45) is 5.92 Å². The first-order valence-electron chi connectivity index (χ1n) is 11.6. The van der Waals surface area contributed by atoms with Gasteiger partial charge in [-0.1, -0.05) is 61.9 Å². The molecule has 3 N–H and O–H groups in total. The van der Waals surface area contributed by atoms with E-state index in [2.05, 4.69) is 34.9 Å². The maximum absolute atomic E-state index is 12.4. The van der Waals surface area contributed by atoms with Gasteiger partial charge in [-0.2, -0.15) is 0 Å². The summed E-state index contributed by atoms with van der Waals surface area (Å²) in [6, 6.07) is 15.9. The molecule has 0 heterocycles. The van der Waals surface area contributed by atoms with Crippen LogP contribution in [0.5, 0.6) is 0 Å². The molecule has 2 amide bonds. The molecule has 1 fully saturated rings. The summed E-state index contributed by atoms with van der Waals surface area (Å²) >= 11 is 0. The number of nitrogens with one attached hydrogen (secondary N) is 2. The molecule has 2 aliphatic rings. The van der Waals surface area contributed by atoms with Crippen LogP contribution in [-0.2, 0) is 14.3 Å². The van der Waals surface area contributed by atoms with E-state index < -0.39 is 12.1 Å². The van der Waals surface area contributed by atoms with E-state index in [0.717, 1.165) is 17.5 Å². The van der Waals surface area contributed by atoms with E-state index in [1.807, 2.05) is 31.2 Å². The maximum Gasteiger partial charge on any atom is 0.407 e. The second kappa shape index (κ2) is 10.1. The Kier molecular flexibility index (Phi) is 6.96. The van der Waals surface area contributed by atoms with Gasteiger partial charge in [-0.15, -0.1) is 0 Å². The van der Waals surface area contributed by atoms with E-state index >= 15 is 0 Å². The topological polar surface area (TPSA) is 105 Å². The first-order chi connectivity index (χ1) is 16.0. The molecule has 1 atom stereocenters. The minimum absolute atomic E-state index is 0.00722. The van der Waals surface area contributed by atoms with Crippen molar-refractivity contribution < 1.29 is 24.2 Å². The molecular weight excluding hydrogens is 420 g/mol. The molecule has 2 aromatic carbocycles. The van der Waals surface area contributed by atoms with Crippen molar-refractivity contribution in [3.8, 4) is 11.1 Å². The average molecular weight is 451 g/mol. The molecule has 0 bridgehead atoms. The molecule has 174 valence electrons. The lowest BCUT2D eigenvalue weighted by atomic mass is 9.79. The number of carbonyl (C=O) groups is 3. The fraction of sp³-hybridized carbons (Fsp3) is 0.423. The Hall–Kier alpha value is -3.35. The number of amides is 2. The maximum atomic E-state index is 12.4. The third kappa shape index (κ3) is 5.18. The fourth-order valence-electron chi connectivity index (χ4n) is 4.86. The number of ether oxygens (including phenoxy) is 1. The highest BCUT2D eigenvalue weighted by Gasteiger charge is 2.37. The van der Waals surface area contributed by atoms with Crippen LogP contribution in [0.3, 0.4) is 0 Å². The average Bonchev–Trinajstić information content (AvgIpc) is 3.08. The molecule has 2 aromatic rings. The molecule has 7 nitrogen and oxygen atoms in total. The van der Waals surface area contributed by atoms with E-state index in [-0.39, 0.29) is 42.9 Å². The number of hydrogen-bond acceptors (Lipinski definition) is 4. The van der Waals surface area contributed by atoms with Gasteiger partial charge in [-0.25, -0.2) is 4.79 Å². The Balaban J connectivity index is 1.24. The normalized spacial score (nSPS) is 19.5. The van der Waals surface area contributed by atoms with E-state index in [1.54, 1.807) is 0 Å². The fourth-order valence-corrected chi connectivity index (χ4v) is 4.86. The molecule has 0 unspecified atom stereocenters. The second-order valence-electron chi connectivity index (χ2n) is 8.93. The molecule has 0 saturated heterocycles. The standard InChI is InChI=1S/C26H30N2O5/c1-2-7-17(14-24(29)30)27-25(31)16-12-18(13-16)28-26(32)33-15-23-21-10-5-3-8-19(21)20-9-4-6-11-22(20)23/h3-6,8-11,16-18,23H,2,7,12-15H2,1H3,(H,27,31)(H,28,32)(H,29,30)/t16?,17-,18?/m1/s1. The van der Waals surface area contributed by atoms with Crippen molar-refractivity contribution in [2.45, 2.75) is 57.0 Å². The van der Waals surface area contributed by atoms with Gasteiger partial charge in [0, 0.05) is 23.9 Å². The summed E-state index contributed by atoms with van der Waals surface area (Å²) in [7, 11) is 0. The second-order valence-corrected chi connectivity index (χ2v) is 8.93. The summed E-state index contributed by atoms with van der Waals surface area (Å²) in [5.41, 5.74) is 4.68. The summed E-state index contributed by atoms with van der Waals surface area (Å²) in [5.74, 6) is -1.26. The van der Waals surface area contributed by atoms with Crippen LogP contribution in [0, 0.1) is 5.92 Å². The quantitative estimate of drug-likeness (QED) is 0.534. The monoisotopic (exact) mass is 450 g/mol. The summed E-state index contributed by atoms with van der Waals surface area (Å²) in [6.07, 6.45) is 1.94. The first kappa shape index (κ1) is 22.8. The summed E-state index contributed by atoms with van der Waals surface area (Å²) < 4.78 is 5.57. The number of alkyl carbamates (subject to hydrolysis) is 1. The summed E-state index contributed by atoms with van der Waals surface area (Å²) in [6.45, 7) is 2.21. The minimum Gasteiger partial charge on any atom is -0.481 e. The molecule has 0 spiro atoms. The number of carboxylic acids is 1. The highest BCUT2D eigenvalue weighted by Crippen LogP contribution is 2.44. The predicted octanol–water partition coefficient (Wildman–Crippen LogP) is 4.06. The molecule has 0 aromatic heterocycles. The number of rotatable bonds is 9. The summed E-state index contributed by atoms with van der Waals surface area (Å²) in [5, 5.41) is 14.7. The number of carbonyl (C=O) groups excluding carboxylic acids is 2. The van der Waals surface area contributed by atoms with Crippen molar-refractivity contribution in [1.82, 2.24) is 10.6 Å². The van der Waals surface area contributed by atoms with E-state index in [4.69, 9.17) is 9.84 Å². The number of fused-ring (bicyclic) bond motifs is 3. The van der Waals surface area contributed by atoms with Gasteiger partial charge in [0.25, 0.3) is 0 Å². The van der Waals surface area contributed by atoms with Crippen molar-refractivity contribution in [3.05, 3.63) is 59.7 Å². The van der Waals surface area contributed by atoms with Crippen LogP contribution < -0.4 is 10.6 Å². The highest BCUT2D eigenvalue weighted by atomic mass is 16.5. The molecule has 0 aliphatic heterocycles.